The number of H-pyrrole nitrogens is 1. The quantitative estimate of drug-likeness (QED) is 0.437. The standard InChI is InChI=1S/C28H37FN3/c1-18(2)26-21(10-11-22-17-23(29)12-13-24(22)26)14-16-32(5)15-6-7-25-30-27-19(3)8-9-20(4)28(27)31-25/h8-9,12-13,17-18,26H,6-7,10-11,14-16H2,1-5H3,(H,30,31). The van der Waals surface area contributed by atoms with Gasteiger partial charge in [0.25, 0.3) is 0 Å². The lowest BCUT2D eigenvalue weighted by Gasteiger charge is -2.37. The van der Waals surface area contributed by atoms with E-state index in [9.17, 15) is 4.39 Å². The monoisotopic (exact) mass is 434 g/mol. The van der Waals surface area contributed by atoms with Crippen molar-refractivity contribution in [1.82, 2.24) is 14.9 Å². The van der Waals surface area contributed by atoms with Gasteiger partial charge in [-0.25, -0.2) is 9.37 Å². The minimum atomic E-state index is -0.107. The predicted molar refractivity (Wildman–Crippen MR) is 132 cm³/mol. The molecular weight excluding hydrogens is 397 g/mol. The second-order valence-corrected chi connectivity index (χ2v) is 9.99. The highest BCUT2D eigenvalue weighted by molar-refractivity contribution is 5.81. The van der Waals surface area contributed by atoms with Gasteiger partial charge in [-0.3, -0.25) is 0 Å². The zero-order valence-electron chi connectivity index (χ0n) is 20.3. The van der Waals surface area contributed by atoms with Gasteiger partial charge < -0.3 is 9.88 Å². The van der Waals surface area contributed by atoms with Crippen molar-refractivity contribution < 1.29 is 4.39 Å². The summed E-state index contributed by atoms with van der Waals surface area (Å²) in [4.78, 5) is 10.8. The van der Waals surface area contributed by atoms with Crippen LogP contribution >= 0.6 is 0 Å². The van der Waals surface area contributed by atoms with Gasteiger partial charge in [0.2, 0.25) is 0 Å². The van der Waals surface area contributed by atoms with Crippen LogP contribution in [0.2, 0.25) is 0 Å². The van der Waals surface area contributed by atoms with Crippen LogP contribution in [-0.4, -0.2) is 35.0 Å². The van der Waals surface area contributed by atoms with Gasteiger partial charge in [-0.15, -0.1) is 0 Å². The van der Waals surface area contributed by atoms with Gasteiger partial charge in [0, 0.05) is 6.42 Å². The van der Waals surface area contributed by atoms with Crippen LogP contribution in [0.3, 0.4) is 0 Å². The summed E-state index contributed by atoms with van der Waals surface area (Å²) in [7, 11) is 2.23. The fraction of sp³-hybridized carbons (Fsp3) is 0.500. The van der Waals surface area contributed by atoms with Crippen molar-refractivity contribution in [1.29, 1.82) is 0 Å². The third-order valence-corrected chi connectivity index (χ3v) is 7.13. The van der Waals surface area contributed by atoms with Gasteiger partial charge in [-0.2, -0.15) is 0 Å². The Morgan fingerprint density at radius 3 is 2.59 bits per heavy atom. The molecule has 0 saturated carbocycles. The second kappa shape index (κ2) is 9.74. The maximum Gasteiger partial charge on any atom is 0.123 e. The summed E-state index contributed by atoms with van der Waals surface area (Å²) in [5.41, 5.74) is 7.34. The Hall–Kier alpha value is -2.20. The van der Waals surface area contributed by atoms with Gasteiger partial charge in [0.15, 0.2) is 0 Å². The van der Waals surface area contributed by atoms with E-state index in [2.05, 4.69) is 56.8 Å². The van der Waals surface area contributed by atoms with Crippen LogP contribution in [0, 0.1) is 31.5 Å². The molecule has 4 rings (SSSR count). The summed E-state index contributed by atoms with van der Waals surface area (Å²) >= 11 is 0. The van der Waals surface area contributed by atoms with Crippen molar-refractivity contribution in [3.05, 3.63) is 70.1 Å². The number of benzene rings is 2. The fourth-order valence-electron chi connectivity index (χ4n) is 5.36. The third-order valence-electron chi connectivity index (χ3n) is 7.13. The molecule has 0 saturated heterocycles. The van der Waals surface area contributed by atoms with Crippen molar-refractivity contribution >= 4 is 11.0 Å². The normalized spacial score (nSPS) is 16.9. The predicted octanol–water partition coefficient (Wildman–Crippen LogP) is 6.53. The van der Waals surface area contributed by atoms with Gasteiger partial charge in [-0.1, -0.05) is 32.0 Å². The number of nitrogens with one attached hydrogen (secondary N) is 1. The minimum Gasteiger partial charge on any atom is -0.342 e. The number of hydrogen-bond acceptors (Lipinski definition) is 2. The lowest BCUT2D eigenvalue weighted by molar-refractivity contribution is 0.311. The smallest absolute Gasteiger partial charge is 0.123 e. The van der Waals surface area contributed by atoms with Gasteiger partial charge >= 0.3 is 0 Å². The number of rotatable bonds is 8. The van der Waals surface area contributed by atoms with Crippen LogP contribution in [0.25, 0.3) is 11.0 Å². The summed E-state index contributed by atoms with van der Waals surface area (Å²) in [6.45, 7) is 11.0. The number of hydrogen-bond donors (Lipinski definition) is 1. The molecule has 4 heteroatoms. The first-order chi connectivity index (χ1) is 15.3. The number of imidazole rings is 1. The first kappa shape index (κ1) is 23.0. The highest BCUT2D eigenvalue weighted by atomic mass is 19.1. The van der Waals surface area contributed by atoms with Crippen molar-refractivity contribution in [2.24, 2.45) is 5.92 Å². The van der Waals surface area contributed by atoms with Gasteiger partial charge in [0.1, 0.15) is 11.6 Å². The van der Waals surface area contributed by atoms with Gasteiger partial charge in [-0.05, 0) is 112 Å². The van der Waals surface area contributed by atoms with E-state index in [1.807, 2.05) is 6.07 Å². The molecule has 1 radical (unpaired) electrons. The number of aryl methyl sites for hydroxylation is 4. The molecular formula is C28H37FN3. The number of nitrogens with zero attached hydrogens (tertiary/aromatic N) is 2. The third kappa shape index (κ3) is 4.91. The zero-order valence-corrected chi connectivity index (χ0v) is 20.3. The van der Waals surface area contributed by atoms with Crippen molar-refractivity contribution in [3.8, 4) is 0 Å². The van der Waals surface area contributed by atoms with E-state index in [0.717, 1.165) is 56.5 Å². The molecule has 3 nitrogen and oxygen atoms in total. The molecule has 32 heavy (non-hydrogen) atoms. The summed E-state index contributed by atoms with van der Waals surface area (Å²) < 4.78 is 13.7. The molecule has 171 valence electrons. The average molecular weight is 435 g/mol. The lowest BCUT2D eigenvalue weighted by Crippen LogP contribution is -2.28. The molecule has 3 aromatic rings. The molecule has 1 heterocycles. The molecule has 1 unspecified atom stereocenters. The van der Waals surface area contributed by atoms with E-state index in [1.54, 1.807) is 18.1 Å². The van der Waals surface area contributed by atoms with Crippen molar-refractivity contribution in [2.45, 2.75) is 65.7 Å². The Bertz CT molecular complexity index is 1030. The molecule has 1 atom stereocenters. The SMILES string of the molecule is Cc1ccc(C)c2[nH]c(CCCN(C)CC[C]3CCc4cc(F)ccc4C3C(C)C)nc12. The van der Waals surface area contributed by atoms with Crippen LogP contribution in [0.1, 0.15) is 67.1 Å². The van der Waals surface area contributed by atoms with Gasteiger partial charge in [0.05, 0.1) is 11.0 Å². The maximum atomic E-state index is 13.7. The van der Waals surface area contributed by atoms with Crippen LogP contribution in [0.4, 0.5) is 4.39 Å². The fourth-order valence-corrected chi connectivity index (χ4v) is 5.36. The first-order valence-corrected chi connectivity index (χ1v) is 12.1. The topological polar surface area (TPSA) is 31.9 Å². The van der Waals surface area contributed by atoms with Crippen LogP contribution in [0.5, 0.6) is 0 Å². The van der Waals surface area contributed by atoms with E-state index in [1.165, 1.54) is 27.8 Å². The Morgan fingerprint density at radius 2 is 1.84 bits per heavy atom. The van der Waals surface area contributed by atoms with E-state index in [-0.39, 0.29) is 5.82 Å². The molecule has 1 aliphatic rings. The van der Waals surface area contributed by atoms with Crippen LogP contribution in [0.15, 0.2) is 30.3 Å². The molecule has 0 amide bonds. The Labute approximate surface area is 192 Å². The minimum absolute atomic E-state index is 0.107. The number of aromatic amines is 1. The molecule has 1 aliphatic carbocycles. The first-order valence-electron chi connectivity index (χ1n) is 12.1. The summed E-state index contributed by atoms with van der Waals surface area (Å²) in [5.74, 6) is 3.61. The van der Waals surface area contributed by atoms with Crippen LogP contribution < -0.4 is 0 Å². The number of aromatic nitrogens is 2. The highest BCUT2D eigenvalue weighted by Crippen LogP contribution is 2.44. The van der Waals surface area contributed by atoms with E-state index < -0.39 is 0 Å². The summed E-state index contributed by atoms with van der Waals surface area (Å²) in [6.07, 6.45) is 5.26. The van der Waals surface area contributed by atoms with Crippen molar-refractivity contribution in [3.63, 3.8) is 0 Å². The second-order valence-electron chi connectivity index (χ2n) is 9.99. The number of halogens is 1. The molecule has 1 aromatic heterocycles. The molecule has 1 N–H and O–H groups in total. The summed E-state index contributed by atoms with van der Waals surface area (Å²) in [6, 6.07) is 9.71. The molecule has 0 fully saturated rings. The van der Waals surface area contributed by atoms with E-state index in [4.69, 9.17) is 4.98 Å². The zero-order chi connectivity index (χ0) is 22.8. The Kier molecular flexibility index (Phi) is 6.99. The van der Waals surface area contributed by atoms with E-state index in [0.29, 0.717) is 11.8 Å². The Morgan fingerprint density at radius 1 is 1.06 bits per heavy atom. The Balaban J connectivity index is 1.30. The number of fused-ring (bicyclic) bond motifs is 2. The molecule has 0 spiro atoms. The van der Waals surface area contributed by atoms with Crippen LogP contribution in [-0.2, 0) is 12.8 Å². The molecule has 0 bridgehead atoms. The van der Waals surface area contributed by atoms with Crippen molar-refractivity contribution in [2.75, 3.05) is 20.1 Å². The lowest BCUT2D eigenvalue weighted by atomic mass is 9.69. The summed E-state index contributed by atoms with van der Waals surface area (Å²) in [5, 5.41) is 0. The average Bonchev–Trinajstić information content (AvgIpc) is 3.19. The largest absolute Gasteiger partial charge is 0.342 e. The molecule has 0 aliphatic heterocycles. The maximum absolute atomic E-state index is 13.7. The van der Waals surface area contributed by atoms with E-state index >= 15 is 0 Å². The highest BCUT2D eigenvalue weighted by Gasteiger charge is 2.32. The molecule has 2 aromatic carbocycles.